The number of likely N-dealkylation sites (N-methyl/N-ethyl adjacent to an activating group) is 1. The molecule has 24 heavy (non-hydrogen) atoms. The van der Waals surface area contributed by atoms with E-state index < -0.39 is 0 Å². The fourth-order valence-corrected chi connectivity index (χ4v) is 3.43. The second-order valence-electron chi connectivity index (χ2n) is 5.24. The Morgan fingerprint density at radius 3 is 2.96 bits per heavy atom. The predicted octanol–water partition coefficient (Wildman–Crippen LogP) is 1.76. The topological polar surface area (TPSA) is 93.1 Å². The Bertz CT molecular complexity index is 833. The molecule has 3 rings (SSSR count). The van der Waals surface area contributed by atoms with E-state index >= 15 is 0 Å². The number of hydrogen-bond acceptors (Lipinski definition) is 9. The van der Waals surface area contributed by atoms with Gasteiger partial charge in [-0.05, 0) is 24.7 Å². The lowest BCUT2D eigenvalue weighted by molar-refractivity contribution is -0.117. The average Bonchev–Trinajstić information content (AvgIpc) is 3.16. The second kappa shape index (κ2) is 7.71. The van der Waals surface area contributed by atoms with Crippen LogP contribution in [0.5, 0.6) is 0 Å². The number of ether oxygens (including phenoxy) is 1. The van der Waals surface area contributed by atoms with Gasteiger partial charge in [0.25, 0.3) is 0 Å². The van der Waals surface area contributed by atoms with E-state index in [0.717, 1.165) is 21.6 Å². The summed E-state index contributed by atoms with van der Waals surface area (Å²) in [7, 11) is 3.48. The molecule has 0 aliphatic heterocycles. The largest absolute Gasteiger partial charge is 0.377 e. The second-order valence-corrected chi connectivity index (χ2v) is 6.83. The highest BCUT2D eigenvalue weighted by Gasteiger charge is 2.11. The molecule has 0 spiro atoms. The first-order valence-corrected chi connectivity index (χ1v) is 8.69. The summed E-state index contributed by atoms with van der Waals surface area (Å²) >= 11 is 2.51. The van der Waals surface area contributed by atoms with E-state index in [2.05, 4.69) is 24.3 Å². The van der Waals surface area contributed by atoms with Gasteiger partial charge in [0.05, 0.1) is 18.3 Å². The van der Waals surface area contributed by atoms with E-state index in [0.29, 0.717) is 18.3 Å². The van der Waals surface area contributed by atoms with Gasteiger partial charge in [0.1, 0.15) is 22.6 Å². The summed E-state index contributed by atoms with van der Waals surface area (Å²) in [4.78, 5) is 14.0. The van der Waals surface area contributed by atoms with E-state index in [1.807, 2.05) is 30.1 Å². The van der Waals surface area contributed by atoms with Crippen LogP contribution in [-0.2, 0) is 22.7 Å². The molecule has 10 heteroatoms. The lowest BCUT2D eigenvalue weighted by atomic mass is 10.2. The third-order valence-corrected chi connectivity index (χ3v) is 4.53. The molecule has 1 aromatic carbocycles. The van der Waals surface area contributed by atoms with Crippen LogP contribution in [-0.4, -0.2) is 50.5 Å². The maximum atomic E-state index is 12.1. The molecule has 0 unspecified atom stereocenters. The standard InChI is InChI=1S/C14H16N6O2S2/c1-20(6-9-3-4-10-11(5-9)19-24-18-10)7-12(21)15-14-17-16-13(23-14)8-22-2/h3-5H,6-8H2,1-2H3,(H,15,17,21). The highest BCUT2D eigenvalue weighted by atomic mass is 32.1. The van der Waals surface area contributed by atoms with Gasteiger partial charge in [-0.15, -0.1) is 10.2 Å². The SMILES string of the molecule is COCc1nnc(NC(=O)CN(C)Cc2ccc3nsnc3c2)s1. The van der Waals surface area contributed by atoms with E-state index in [9.17, 15) is 4.79 Å². The third-order valence-electron chi connectivity index (χ3n) is 3.17. The average molecular weight is 364 g/mol. The highest BCUT2D eigenvalue weighted by Crippen LogP contribution is 2.16. The maximum Gasteiger partial charge on any atom is 0.240 e. The summed E-state index contributed by atoms with van der Waals surface area (Å²) in [6.45, 7) is 1.29. The first-order chi connectivity index (χ1) is 11.6. The molecule has 0 atom stereocenters. The summed E-state index contributed by atoms with van der Waals surface area (Å²) < 4.78 is 13.4. The Morgan fingerprint density at radius 2 is 2.12 bits per heavy atom. The van der Waals surface area contributed by atoms with Gasteiger partial charge in [0.15, 0.2) is 0 Å². The van der Waals surface area contributed by atoms with Crippen LogP contribution in [0, 0.1) is 0 Å². The number of rotatable bonds is 7. The molecule has 0 aliphatic carbocycles. The predicted molar refractivity (Wildman–Crippen MR) is 93.0 cm³/mol. The summed E-state index contributed by atoms with van der Waals surface area (Å²) in [5, 5.41) is 11.8. The van der Waals surface area contributed by atoms with Crippen LogP contribution in [0.15, 0.2) is 18.2 Å². The zero-order valence-corrected chi connectivity index (χ0v) is 14.9. The summed E-state index contributed by atoms with van der Waals surface area (Å²) in [6, 6.07) is 5.94. The van der Waals surface area contributed by atoms with Gasteiger partial charge >= 0.3 is 0 Å². The summed E-state index contributed by atoms with van der Waals surface area (Å²) in [5.74, 6) is -0.131. The van der Waals surface area contributed by atoms with Crippen molar-refractivity contribution in [2.45, 2.75) is 13.2 Å². The molecular formula is C14H16N6O2S2. The zero-order chi connectivity index (χ0) is 16.9. The van der Waals surface area contributed by atoms with E-state index in [1.165, 1.54) is 23.1 Å². The number of methoxy groups -OCH3 is 1. The number of anilines is 1. The minimum atomic E-state index is -0.131. The molecule has 2 aromatic heterocycles. The van der Waals surface area contributed by atoms with Crippen molar-refractivity contribution in [2.24, 2.45) is 0 Å². The fraction of sp³-hybridized carbons (Fsp3) is 0.357. The summed E-state index contributed by atoms with van der Waals surface area (Å²) in [6.07, 6.45) is 0. The molecule has 126 valence electrons. The van der Waals surface area contributed by atoms with Gasteiger partial charge < -0.3 is 4.74 Å². The number of carbonyl (C=O) groups is 1. The van der Waals surface area contributed by atoms with Crippen LogP contribution < -0.4 is 5.32 Å². The number of amides is 1. The van der Waals surface area contributed by atoms with Crippen LogP contribution in [0.25, 0.3) is 11.0 Å². The Balaban J connectivity index is 1.53. The summed E-state index contributed by atoms with van der Waals surface area (Å²) in [5.41, 5.74) is 2.87. The van der Waals surface area contributed by atoms with Gasteiger partial charge in [-0.2, -0.15) is 8.75 Å². The number of hydrogen-bond donors (Lipinski definition) is 1. The molecule has 8 nitrogen and oxygen atoms in total. The van der Waals surface area contributed by atoms with Crippen LogP contribution in [0.2, 0.25) is 0 Å². The monoisotopic (exact) mass is 364 g/mol. The van der Waals surface area contributed by atoms with Crippen LogP contribution in [0.1, 0.15) is 10.6 Å². The quantitative estimate of drug-likeness (QED) is 0.683. The van der Waals surface area contributed by atoms with Crippen LogP contribution in [0.3, 0.4) is 0 Å². The van der Waals surface area contributed by atoms with Crippen LogP contribution >= 0.6 is 23.1 Å². The Labute approximate surface area is 146 Å². The first-order valence-electron chi connectivity index (χ1n) is 7.15. The highest BCUT2D eigenvalue weighted by molar-refractivity contribution is 7.15. The Kier molecular flexibility index (Phi) is 5.41. The maximum absolute atomic E-state index is 12.1. The minimum Gasteiger partial charge on any atom is -0.377 e. The molecule has 0 bridgehead atoms. The normalized spacial score (nSPS) is 11.3. The lowest BCUT2D eigenvalue weighted by Crippen LogP contribution is -2.29. The number of carbonyl (C=O) groups excluding carboxylic acids is 1. The van der Waals surface area contributed by atoms with Crippen molar-refractivity contribution in [2.75, 3.05) is 26.0 Å². The van der Waals surface area contributed by atoms with Crippen molar-refractivity contribution in [1.82, 2.24) is 23.8 Å². The molecule has 0 radical (unpaired) electrons. The number of fused-ring (bicyclic) bond motifs is 1. The first kappa shape index (κ1) is 16.8. The fourth-order valence-electron chi connectivity index (χ4n) is 2.18. The van der Waals surface area contributed by atoms with Crippen molar-refractivity contribution in [1.29, 1.82) is 0 Å². The van der Waals surface area contributed by atoms with Gasteiger partial charge in [0.2, 0.25) is 11.0 Å². The Morgan fingerprint density at radius 1 is 1.29 bits per heavy atom. The van der Waals surface area contributed by atoms with Crippen molar-refractivity contribution < 1.29 is 9.53 Å². The molecular weight excluding hydrogens is 348 g/mol. The van der Waals surface area contributed by atoms with Crippen molar-refractivity contribution in [3.8, 4) is 0 Å². The molecule has 0 saturated heterocycles. The van der Waals surface area contributed by atoms with E-state index in [-0.39, 0.29) is 12.5 Å². The van der Waals surface area contributed by atoms with E-state index in [4.69, 9.17) is 4.74 Å². The van der Waals surface area contributed by atoms with Crippen molar-refractivity contribution >= 4 is 45.1 Å². The van der Waals surface area contributed by atoms with Gasteiger partial charge in [-0.1, -0.05) is 17.4 Å². The lowest BCUT2D eigenvalue weighted by Gasteiger charge is -2.15. The van der Waals surface area contributed by atoms with Gasteiger partial charge in [0, 0.05) is 13.7 Å². The van der Waals surface area contributed by atoms with Crippen molar-refractivity contribution in [3.05, 3.63) is 28.8 Å². The zero-order valence-electron chi connectivity index (χ0n) is 13.2. The number of nitrogens with zero attached hydrogens (tertiary/aromatic N) is 5. The number of nitrogens with one attached hydrogen (secondary N) is 1. The van der Waals surface area contributed by atoms with Gasteiger partial charge in [-0.25, -0.2) is 0 Å². The Hall–Kier alpha value is -2.01. The minimum absolute atomic E-state index is 0.131. The molecule has 0 saturated carbocycles. The molecule has 0 fully saturated rings. The van der Waals surface area contributed by atoms with Crippen molar-refractivity contribution in [3.63, 3.8) is 0 Å². The van der Waals surface area contributed by atoms with Crippen LogP contribution in [0.4, 0.5) is 5.13 Å². The molecule has 3 aromatic rings. The molecule has 2 heterocycles. The third kappa shape index (κ3) is 4.29. The molecule has 1 amide bonds. The number of aromatic nitrogens is 4. The van der Waals surface area contributed by atoms with Gasteiger partial charge in [-0.3, -0.25) is 15.0 Å². The number of benzene rings is 1. The molecule has 0 aliphatic rings. The molecule has 1 N–H and O–H groups in total. The van der Waals surface area contributed by atoms with E-state index in [1.54, 1.807) is 7.11 Å². The smallest absolute Gasteiger partial charge is 0.240 e.